The predicted octanol–water partition coefficient (Wildman–Crippen LogP) is 4.57. The molecule has 9 heteroatoms. The standard InChI is InChI=1S/C27H38ClN3O4S/c1-5-6-18-29-27(33)22(3)30(20-17-23-12-8-7-9-13-23)26(32)16-11-19-31(36(4,34)35)25-15-10-14-24(28)21(25)2/h7-10,12-15,22H,5-6,11,16-20H2,1-4H3,(H,29,33). The molecule has 0 bridgehead atoms. The summed E-state index contributed by atoms with van der Waals surface area (Å²) >= 11 is 6.21. The van der Waals surface area contributed by atoms with Crippen LogP contribution in [0.4, 0.5) is 5.69 Å². The van der Waals surface area contributed by atoms with Gasteiger partial charge in [-0.3, -0.25) is 13.9 Å². The molecule has 0 saturated carbocycles. The second-order valence-electron chi connectivity index (χ2n) is 8.97. The Kier molecular flexibility index (Phi) is 11.7. The van der Waals surface area contributed by atoms with E-state index in [4.69, 9.17) is 11.6 Å². The molecule has 2 aromatic rings. The van der Waals surface area contributed by atoms with Gasteiger partial charge in [0.1, 0.15) is 6.04 Å². The van der Waals surface area contributed by atoms with Crippen LogP contribution in [0.2, 0.25) is 5.02 Å². The predicted molar refractivity (Wildman–Crippen MR) is 147 cm³/mol. The van der Waals surface area contributed by atoms with Crippen molar-refractivity contribution in [2.75, 3.05) is 30.2 Å². The monoisotopic (exact) mass is 535 g/mol. The summed E-state index contributed by atoms with van der Waals surface area (Å²) in [4.78, 5) is 27.6. The molecule has 0 aliphatic rings. The summed E-state index contributed by atoms with van der Waals surface area (Å²) in [5.41, 5.74) is 2.24. The first-order chi connectivity index (χ1) is 17.1. The molecule has 2 rings (SSSR count). The number of hydrogen-bond acceptors (Lipinski definition) is 4. The van der Waals surface area contributed by atoms with E-state index in [9.17, 15) is 18.0 Å². The number of amides is 2. The zero-order valence-corrected chi connectivity index (χ0v) is 23.2. The molecule has 0 fully saturated rings. The molecule has 2 aromatic carbocycles. The van der Waals surface area contributed by atoms with Crippen LogP contribution in [0.3, 0.4) is 0 Å². The number of halogens is 1. The van der Waals surface area contributed by atoms with Crippen LogP contribution in [-0.4, -0.2) is 57.1 Å². The summed E-state index contributed by atoms with van der Waals surface area (Å²) in [6.07, 6.45) is 4.03. The van der Waals surface area contributed by atoms with E-state index in [0.717, 1.165) is 24.7 Å². The molecule has 1 atom stereocenters. The topological polar surface area (TPSA) is 86.8 Å². The summed E-state index contributed by atoms with van der Waals surface area (Å²) in [6.45, 7) is 6.66. The van der Waals surface area contributed by atoms with Crippen molar-refractivity contribution in [1.82, 2.24) is 10.2 Å². The van der Waals surface area contributed by atoms with E-state index in [2.05, 4.69) is 12.2 Å². The smallest absolute Gasteiger partial charge is 0.242 e. The van der Waals surface area contributed by atoms with Crippen LogP contribution in [0.5, 0.6) is 0 Å². The van der Waals surface area contributed by atoms with Crippen LogP contribution in [0.25, 0.3) is 0 Å². The number of unbranched alkanes of at least 4 members (excludes halogenated alkanes) is 1. The third kappa shape index (κ3) is 8.82. The van der Waals surface area contributed by atoms with E-state index < -0.39 is 16.1 Å². The fraction of sp³-hybridized carbons (Fsp3) is 0.481. The maximum absolute atomic E-state index is 13.3. The first kappa shape index (κ1) is 29.6. The Bertz CT molecular complexity index is 1110. The van der Waals surface area contributed by atoms with Crippen molar-refractivity contribution in [3.63, 3.8) is 0 Å². The van der Waals surface area contributed by atoms with E-state index in [1.165, 1.54) is 4.31 Å². The average Bonchev–Trinajstić information content (AvgIpc) is 2.84. The first-order valence-corrected chi connectivity index (χ1v) is 14.6. The molecule has 0 saturated heterocycles. The molecule has 0 aliphatic heterocycles. The van der Waals surface area contributed by atoms with Gasteiger partial charge in [-0.15, -0.1) is 0 Å². The fourth-order valence-electron chi connectivity index (χ4n) is 3.95. The third-order valence-corrected chi connectivity index (χ3v) is 7.73. The number of nitrogens with zero attached hydrogens (tertiary/aromatic N) is 2. The van der Waals surface area contributed by atoms with Gasteiger partial charge in [0.15, 0.2) is 0 Å². The summed E-state index contributed by atoms with van der Waals surface area (Å²) in [5, 5.41) is 3.39. The molecule has 7 nitrogen and oxygen atoms in total. The highest BCUT2D eigenvalue weighted by molar-refractivity contribution is 7.92. The highest BCUT2D eigenvalue weighted by atomic mass is 35.5. The highest BCUT2D eigenvalue weighted by Gasteiger charge is 2.26. The highest BCUT2D eigenvalue weighted by Crippen LogP contribution is 2.28. The zero-order valence-electron chi connectivity index (χ0n) is 21.7. The molecule has 2 amide bonds. The molecular formula is C27H38ClN3O4S. The molecular weight excluding hydrogens is 498 g/mol. The lowest BCUT2D eigenvalue weighted by molar-refractivity contribution is -0.139. The van der Waals surface area contributed by atoms with Gasteiger partial charge in [-0.1, -0.05) is 61.3 Å². The lowest BCUT2D eigenvalue weighted by Gasteiger charge is -2.29. The maximum atomic E-state index is 13.3. The van der Waals surface area contributed by atoms with Gasteiger partial charge in [-0.25, -0.2) is 8.42 Å². The number of benzene rings is 2. The van der Waals surface area contributed by atoms with Crippen molar-refractivity contribution >= 4 is 39.1 Å². The minimum absolute atomic E-state index is 0.118. The molecule has 1 unspecified atom stereocenters. The van der Waals surface area contributed by atoms with Crippen LogP contribution < -0.4 is 9.62 Å². The molecule has 0 radical (unpaired) electrons. The van der Waals surface area contributed by atoms with E-state index in [1.807, 2.05) is 30.3 Å². The quantitative estimate of drug-likeness (QED) is 0.359. The molecule has 0 aromatic heterocycles. The van der Waals surface area contributed by atoms with Crippen molar-refractivity contribution in [3.05, 3.63) is 64.7 Å². The normalized spacial score (nSPS) is 12.1. The Morgan fingerprint density at radius 1 is 1.03 bits per heavy atom. The van der Waals surface area contributed by atoms with E-state index >= 15 is 0 Å². The van der Waals surface area contributed by atoms with Crippen LogP contribution in [-0.2, 0) is 26.0 Å². The van der Waals surface area contributed by atoms with Crippen LogP contribution in [0.1, 0.15) is 50.7 Å². The minimum atomic E-state index is -3.58. The largest absolute Gasteiger partial charge is 0.354 e. The Balaban J connectivity index is 2.12. The van der Waals surface area contributed by atoms with Gasteiger partial charge in [0.25, 0.3) is 0 Å². The molecule has 36 heavy (non-hydrogen) atoms. The van der Waals surface area contributed by atoms with Crippen molar-refractivity contribution < 1.29 is 18.0 Å². The number of anilines is 1. The maximum Gasteiger partial charge on any atom is 0.242 e. The van der Waals surface area contributed by atoms with Crippen molar-refractivity contribution in [1.29, 1.82) is 0 Å². The van der Waals surface area contributed by atoms with Gasteiger partial charge in [-0.05, 0) is 56.4 Å². The number of nitrogens with one attached hydrogen (secondary N) is 1. The summed E-state index contributed by atoms with van der Waals surface area (Å²) in [6, 6.07) is 14.3. The zero-order chi connectivity index (χ0) is 26.7. The number of hydrogen-bond donors (Lipinski definition) is 1. The number of carbonyl (C=O) groups excluding carboxylic acids is 2. The fourth-order valence-corrected chi connectivity index (χ4v) is 5.14. The molecule has 0 aliphatic carbocycles. The van der Waals surface area contributed by atoms with Crippen molar-refractivity contribution in [2.24, 2.45) is 0 Å². The summed E-state index contributed by atoms with van der Waals surface area (Å²) in [7, 11) is -3.58. The van der Waals surface area contributed by atoms with Gasteiger partial charge in [0, 0.05) is 31.1 Å². The van der Waals surface area contributed by atoms with Gasteiger partial charge in [0.2, 0.25) is 21.8 Å². The summed E-state index contributed by atoms with van der Waals surface area (Å²) in [5.74, 6) is -0.363. The van der Waals surface area contributed by atoms with Crippen LogP contribution in [0, 0.1) is 6.92 Å². The van der Waals surface area contributed by atoms with Gasteiger partial charge in [-0.2, -0.15) is 0 Å². The van der Waals surface area contributed by atoms with Gasteiger partial charge < -0.3 is 10.2 Å². The third-order valence-electron chi connectivity index (χ3n) is 6.14. The minimum Gasteiger partial charge on any atom is -0.354 e. The van der Waals surface area contributed by atoms with E-state index in [-0.39, 0.29) is 24.8 Å². The van der Waals surface area contributed by atoms with Gasteiger partial charge in [0.05, 0.1) is 11.9 Å². The first-order valence-electron chi connectivity index (χ1n) is 12.4. The Morgan fingerprint density at radius 3 is 2.36 bits per heavy atom. The van der Waals surface area contributed by atoms with E-state index in [1.54, 1.807) is 36.9 Å². The average molecular weight is 536 g/mol. The number of sulfonamides is 1. The molecule has 0 heterocycles. The molecule has 1 N–H and O–H groups in total. The molecule has 198 valence electrons. The van der Waals surface area contributed by atoms with Crippen molar-refractivity contribution in [3.8, 4) is 0 Å². The second kappa shape index (κ2) is 14.2. The summed E-state index contributed by atoms with van der Waals surface area (Å²) < 4.78 is 26.3. The van der Waals surface area contributed by atoms with E-state index in [0.29, 0.717) is 42.2 Å². The lowest BCUT2D eigenvalue weighted by Crippen LogP contribution is -2.49. The number of rotatable bonds is 14. The van der Waals surface area contributed by atoms with Crippen LogP contribution >= 0.6 is 11.6 Å². The Hall–Kier alpha value is -2.58. The SMILES string of the molecule is CCCCNC(=O)C(C)N(CCc1ccccc1)C(=O)CCCN(c1cccc(Cl)c1C)S(C)(=O)=O. The van der Waals surface area contributed by atoms with Crippen molar-refractivity contribution in [2.45, 2.75) is 58.9 Å². The lowest BCUT2D eigenvalue weighted by atomic mass is 10.1. The molecule has 0 spiro atoms. The van der Waals surface area contributed by atoms with Crippen LogP contribution in [0.15, 0.2) is 48.5 Å². The van der Waals surface area contributed by atoms with Gasteiger partial charge >= 0.3 is 0 Å². The number of carbonyl (C=O) groups is 2. The Morgan fingerprint density at radius 2 is 1.72 bits per heavy atom. The Labute approximate surface area is 220 Å². The second-order valence-corrected chi connectivity index (χ2v) is 11.3.